The number of hydrogen-bond donors (Lipinski definition) is 0. The van der Waals surface area contributed by atoms with Crippen LogP contribution in [0.2, 0.25) is 0 Å². The van der Waals surface area contributed by atoms with Crippen LogP contribution in [0.3, 0.4) is 0 Å². The number of nitrogens with zero attached hydrogens (tertiary/aromatic N) is 1. The summed E-state index contributed by atoms with van der Waals surface area (Å²) < 4.78 is 5.08. The molecule has 0 unspecified atom stereocenters. The number of carbonyl (C=O) groups is 2. The van der Waals surface area contributed by atoms with Crippen molar-refractivity contribution in [3.05, 3.63) is 0 Å². The van der Waals surface area contributed by atoms with E-state index in [1.165, 1.54) is 7.05 Å². The van der Waals surface area contributed by atoms with Gasteiger partial charge in [0.15, 0.2) is 0 Å². The van der Waals surface area contributed by atoms with E-state index in [2.05, 4.69) is 0 Å². The number of likely N-dealkylation sites (N-methyl/N-ethyl adjacent to an activating group) is 1. The molecule has 0 radical (unpaired) electrons. The summed E-state index contributed by atoms with van der Waals surface area (Å²) in [6, 6.07) is -0.977. The first kappa shape index (κ1) is 14.7. The highest BCUT2D eigenvalue weighted by Crippen LogP contribution is 2.14. The van der Waals surface area contributed by atoms with Gasteiger partial charge in [-0.1, -0.05) is 13.8 Å². The molecule has 16 heavy (non-hydrogen) atoms. The first-order valence-corrected chi connectivity index (χ1v) is 5.23. The van der Waals surface area contributed by atoms with Gasteiger partial charge < -0.3 is 19.5 Å². The van der Waals surface area contributed by atoms with Gasteiger partial charge in [0.1, 0.15) is 5.60 Å². The van der Waals surface area contributed by atoms with Crippen molar-refractivity contribution < 1.29 is 19.4 Å². The summed E-state index contributed by atoms with van der Waals surface area (Å²) in [5, 5.41) is 10.9. The smallest absolute Gasteiger partial charge is 0.410 e. The zero-order valence-electron chi connectivity index (χ0n) is 10.7. The van der Waals surface area contributed by atoms with Crippen molar-refractivity contribution in [2.45, 2.75) is 46.3 Å². The zero-order valence-corrected chi connectivity index (χ0v) is 10.7. The van der Waals surface area contributed by atoms with Crippen LogP contribution in [0, 0.1) is 5.92 Å². The van der Waals surface area contributed by atoms with Gasteiger partial charge in [-0.2, -0.15) is 0 Å². The van der Waals surface area contributed by atoms with Crippen LogP contribution in [0.4, 0.5) is 4.79 Å². The molecule has 0 fully saturated rings. The third kappa shape index (κ3) is 4.51. The highest BCUT2D eigenvalue weighted by molar-refractivity contribution is 5.78. The Morgan fingerprint density at radius 2 is 1.69 bits per heavy atom. The average molecular weight is 230 g/mol. The van der Waals surface area contributed by atoms with E-state index in [4.69, 9.17) is 4.74 Å². The van der Waals surface area contributed by atoms with E-state index < -0.39 is 23.7 Å². The van der Waals surface area contributed by atoms with Crippen molar-refractivity contribution in [3.8, 4) is 0 Å². The lowest BCUT2D eigenvalue weighted by molar-refractivity contribution is -0.312. The van der Waals surface area contributed by atoms with Crippen molar-refractivity contribution in [1.82, 2.24) is 4.90 Å². The minimum absolute atomic E-state index is 0.234. The second-order valence-electron chi connectivity index (χ2n) is 5.10. The first-order chi connectivity index (χ1) is 7.06. The Labute approximate surface area is 96.4 Å². The number of ether oxygens (including phenoxy) is 1. The quantitative estimate of drug-likeness (QED) is 0.713. The molecule has 0 aliphatic carbocycles. The zero-order chi connectivity index (χ0) is 13.1. The molecule has 0 aromatic carbocycles. The minimum Gasteiger partial charge on any atom is -0.548 e. The number of aliphatic carboxylic acids is 1. The molecule has 0 spiro atoms. The summed E-state index contributed by atoms with van der Waals surface area (Å²) >= 11 is 0. The summed E-state index contributed by atoms with van der Waals surface area (Å²) in [7, 11) is 1.40. The Hall–Kier alpha value is -1.26. The molecule has 5 nitrogen and oxygen atoms in total. The van der Waals surface area contributed by atoms with Gasteiger partial charge in [0.25, 0.3) is 0 Å². The standard InChI is InChI=1S/C11H21NO4/c1-7(2)8(9(13)14)12(6)10(15)16-11(3,4)5/h7-8H,1-6H3,(H,13,14)/p-1/t8-/m0/s1. The van der Waals surface area contributed by atoms with Crippen LogP contribution in [-0.4, -0.2) is 35.7 Å². The maximum Gasteiger partial charge on any atom is 0.410 e. The fourth-order valence-corrected chi connectivity index (χ4v) is 1.32. The van der Waals surface area contributed by atoms with Crippen molar-refractivity contribution in [3.63, 3.8) is 0 Å². The topological polar surface area (TPSA) is 69.7 Å². The van der Waals surface area contributed by atoms with E-state index in [1.807, 2.05) is 0 Å². The van der Waals surface area contributed by atoms with Gasteiger partial charge in [0.05, 0.1) is 12.0 Å². The predicted molar refractivity (Wildman–Crippen MR) is 57.6 cm³/mol. The van der Waals surface area contributed by atoms with Gasteiger partial charge in [-0.05, 0) is 26.7 Å². The molecule has 1 atom stereocenters. The molecular formula is C11H20NO4-. The number of rotatable bonds is 3. The molecule has 94 valence electrons. The van der Waals surface area contributed by atoms with Crippen LogP contribution in [0.25, 0.3) is 0 Å². The Kier molecular flexibility index (Phi) is 4.78. The minimum atomic E-state index is -1.27. The molecule has 0 saturated heterocycles. The van der Waals surface area contributed by atoms with Crippen molar-refractivity contribution in [2.75, 3.05) is 7.05 Å². The second-order valence-corrected chi connectivity index (χ2v) is 5.10. The highest BCUT2D eigenvalue weighted by atomic mass is 16.6. The number of amides is 1. The number of carboxylic acids is 1. The molecular weight excluding hydrogens is 210 g/mol. The fraction of sp³-hybridized carbons (Fsp3) is 0.818. The lowest BCUT2D eigenvalue weighted by atomic mass is 10.0. The number of carboxylic acid groups (broad SMARTS) is 1. The van der Waals surface area contributed by atoms with Gasteiger partial charge in [0, 0.05) is 7.05 Å². The molecule has 0 saturated carbocycles. The molecule has 0 N–H and O–H groups in total. The Balaban J connectivity index is 4.69. The van der Waals surface area contributed by atoms with Crippen LogP contribution in [0.15, 0.2) is 0 Å². The summed E-state index contributed by atoms with van der Waals surface area (Å²) in [5.41, 5.74) is -0.640. The largest absolute Gasteiger partial charge is 0.548 e. The van der Waals surface area contributed by atoms with Crippen LogP contribution in [0.5, 0.6) is 0 Å². The first-order valence-electron chi connectivity index (χ1n) is 5.23. The molecule has 0 heterocycles. The molecule has 1 amide bonds. The van der Waals surface area contributed by atoms with E-state index in [-0.39, 0.29) is 5.92 Å². The Bertz CT molecular complexity index is 268. The van der Waals surface area contributed by atoms with Crippen LogP contribution < -0.4 is 5.11 Å². The monoisotopic (exact) mass is 230 g/mol. The van der Waals surface area contributed by atoms with Gasteiger partial charge in [-0.3, -0.25) is 0 Å². The Morgan fingerprint density at radius 3 is 1.94 bits per heavy atom. The van der Waals surface area contributed by atoms with Gasteiger partial charge >= 0.3 is 6.09 Å². The lowest BCUT2D eigenvalue weighted by Gasteiger charge is -2.33. The van der Waals surface area contributed by atoms with Crippen LogP contribution in [0.1, 0.15) is 34.6 Å². The molecule has 0 bridgehead atoms. The van der Waals surface area contributed by atoms with E-state index >= 15 is 0 Å². The number of hydrogen-bond acceptors (Lipinski definition) is 4. The fourth-order valence-electron chi connectivity index (χ4n) is 1.32. The summed E-state index contributed by atoms with van der Waals surface area (Å²) in [4.78, 5) is 23.6. The van der Waals surface area contributed by atoms with Crippen LogP contribution in [-0.2, 0) is 9.53 Å². The van der Waals surface area contributed by atoms with E-state index in [1.54, 1.807) is 34.6 Å². The second kappa shape index (κ2) is 5.18. The lowest BCUT2D eigenvalue weighted by Crippen LogP contribution is -2.52. The molecule has 5 heteroatoms. The molecule has 0 aliphatic heterocycles. The van der Waals surface area contributed by atoms with Crippen molar-refractivity contribution in [1.29, 1.82) is 0 Å². The summed E-state index contributed by atoms with van der Waals surface area (Å²) in [6.45, 7) is 8.59. The highest BCUT2D eigenvalue weighted by Gasteiger charge is 2.27. The number of carbonyl (C=O) groups excluding carboxylic acids is 2. The van der Waals surface area contributed by atoms with E-state index in [0.717, 1.165) is 4.90 Å². The third-order valence-corrected chi connectivity index (χ3v) is 1.97. The summed E-state index contributed by atoms with van der Waals surface area (Å²) in [5.74, 6) is -1.51. The molecule has 0 aliphatic rings. The SMILES string of the molecule is CC(C)[C@@H](C(=O)[O-])N(C)C(=O)OC(C)(C)C. The van der Waals surface area contributed by atoms with E-state index in [9.17, 15) is 14.7 Å². The maximum absolute atomic E-state index is 11.6. The third-order valence-electron chi connectivity index (χ3n) is 1.97. The molecule has 0 aromatic heterocycles. The van der Waals surface area contributed by atoms with Gasteiger partial charge in [-0.15, -0.1) is 0 Å². The van der Waals surface area contributed by atoms with E-state index in [0.29, 0.717) is 0 Å². The summed E-state index contributed by atoms with van der Waals surface area (Å²) in [6.07, 6.45) is -0.657. The van der Waals surface area contributed by atoms with Gasteiger partial charge in [-0.25, -0.2) is 4.79 Å². The average Bonchev–Trinajstić information content (AvgIpc) is 1.98. The molecule has 0 aromatic rings. The Morgan fingerprint density at radius 1 is 1.25 bits per heavy atom. The van der Waals surface area contributed by atoms with Crippen molar-refractivity contribution in [2.24, 2.45) is 5.92 Å². The van der Waals surface area contributed by atoms with Gasteiger partial charge in [0.2, 0.25) is 0 Å². The maximum atomic E-state index is 11.6. The predicted octanol–water partition coefficient (Wildman–Crippen LogP) is 0.628. The van der Waals surface area contributed by atoms with Crippen molar-refractivity contribution >= 4 is 12.1 Å². The molecule has 0 rings (SSSR count). The van der Waals surface area contributed by atoms with Crippen LogP contribution >= 0.6 is 0 Å². The normalized spacial score (nSPS) is 13.4.